The van der Waals surface area contributed by atoms with Crippen LogP contribution in [0.2, 0.25) is 0 Å². The van der Waals surface area contributed by atoms with E-state index in [1.54, 1.807) is 0 Å². The highest BCUT2D eigenvalue weighted by Gasteiger charge is 2.19. The van der Waals surface area contributed by atoms with Gasteiger partial charge in [-0.3, -0.25) is 14.4 Å². The molecule has 0 bridgehead atoms. The van der Waals surface area contributed by atoms with Crippen LogP contribution in [0.4, 0.5) is 0 Å². The van der Waals surface area contributed by atoms with Gasteiger partial charge in [0.05, 0.1) is 0 Å². The molecule has 0 aliphatic carbocycles. The lowest BCUT2D eigenvalue weighted by Crippen LogP contribution is -2.30. The van der Waals surface area contributed by atoms with Crippen molar-refractivity contribution in [2.45, 2.75) is 348 Å². The lowest BCUT2D eigenvalue weighted by Gasteiger charge is -2.18. The number of esters is 3. The highest BCUT2D eigenvalue weighted by molar-refractivity contribution is 5.71. The van der Waals surface area contributed by atoms with Gasteiger partial charge >= 0.3 is 17.9 Å². The van der Waals surface area contributed by atoms with Crippen molar-refractivity contribution in [3.05, 3.63) is 97.2 Å². The van der Waals surface area contributed by atoms with Gasteiger partial charge in [-0.25, -0.2) is 0 Å². The smallest absolute Gasteiger partial charge is 0.306 e. The molecule has 0 rings (SSSR count). The fourth-order valence-corrected chi connectivity index (χ4v) is 9.84. The van der Waals surface area contributed by atoms with Crippen LogP contribution in [0.1, 0.15) is 342 Å². The predicted molar refractivity (Wildman–Crippen MR) is 353 cm³/mol. The number of hydrogen-bond acceptors (Lipinski definition) is 6. The third-order valence-electron chi connectivity index (χ3n) is 15.0. The van der Waals surface area contributed by atoms with Crippen molar-refractivity contribution >= 4 is 17.9 Å². The predicted octanol–water partition coefficient (Wildman–Crippen LogP) is 24.0. The molecule has 0 saturated heterocycles. The summed E-state index contributed by atoms with van der Waals surface area (Å²) in [6.07, 6.45) is 93.0. The normalized spacial score (nSPS) is 12.7. The molecule has 6 heteroatoms. The van der Waals surface area contributed by atoms with Gasteiger partial charge < -0.3 is 14.2 Å². The van der Waals surface area contributed by atoms with Crippen molar-refractivity contribution in [3.63, 3.8) is 0 Å². The van der Waals surface area contributed by atoms with E-state index in [4.69, 9.17) is 14.2 Å². The monoisotopic (exact) mass is 1130 g/mol. The van der Waals surface area contributed by atoms with Gasteiger partial charge in [0.1, 0.15) is 13.2 Å². The first kappa shape index (κ1) is 77.3. The van der Waals surface area contributed by atoms with Gasteiger partial charge in [0.15, 0.2) is 6.10 Å². The van der Waals surface area contributed by atoms with Crippen LogP contribution in [-0.4, -0.2) is 37.2 Å². The molecule has 6 nitrogen and oxygen atoms in total. The molecule has 466 valence electrons. The van der Waals surface area contributed by atoms with Gasteiger partial charge in [0.25, 0.3) is 0 Å². The Kier molecular flexibility index (Phi) is 65.7. The maximum atomic E-state index is 12.9. The maximum absolute atomic E-state index is 12.9. The standard InChI is InChI=1S/C75H130O6/c1-4-7-10-13-16-19-22-25-28-30-31-32-33-34-35-36-37-38-39-40-41-42-43-44-45-46-48-50-53-56-59-62-65-68-74(77)80-71-72(70-79-73(76)67-64-61-58-55-52-49-27-24-21-18-15-12-9-6-3)81-75(78)69-66-63-60-57-54-51-47-29-26-23-20-17-14-11-8-5-2/h7,10,15-16,18-20,23-25,27-29,31-32,47,72H,4-6,8-9,11-14,17,21-22,26,30,33-46,48-71H2,1-3H3/b10-7-,18-15-,19-16-,23-20-,27-24-,28-25-,32-31-,47-29-. The average molecular weight is 1130 g/mol. The van der Waals surface area contributed by atoms with Gasteiger partial charge in [-0.15, -0.1) is 0 Å². The molecule has 0 aromatic rings. The van der Waals surface area contributed by atoms with E-state index in [2.05, 4.69) is 118 Å². The summed E-state index contributed by atoms with van der Waals surface area (Å²) >= 11 is 0. The minimum Gasteiger partial charge on any atom is -0.462 e. The van der Waals surface area contributed by atoms with Crippen LogP contribution in [0.5, 0.6) is 0 Å². The Morgan fingerprint density at radius 1 is 0.259 bits per heavy atom. The molecule has 0 saturated carbocycles. The molecule has 0 fully saturated rings. The molecule has 0 radical (unpaired) electrons. The van der Waals surface area contributed by atoms with E-state index in [-0.39, 0.29) is 31.1 Å². The van der Waals surface area contributed by atoms with Crippen LogP contribution in [0.15, 0.2) is 97.2 Å². The molecule has 0 aromatic heterocycles. The van der Waals surface area contributed by atoms with Crippen molar-refractivity contribution in [2.75, 3.05) is 13.2 Å². The van der Waals surface area contributed by atoms with Crippen LogP contribution in [-0.2, 0) is 28.6 Å². The number of ether oxygens (including phenoxy) is 3. The zero-order valence-corrected chi connectivity index (χ0v) is 53.5. The summed E-state index contributed by atoms with van der Waals surface area (Å²) in [4.78, 5) is 38.3. The fraction of sp³-hybridized carbons (Fsp3) is 0.747. The molecule has 1 unspecified atom stereocenters. The van der Waals surface area contributed by atoms with Crippen molar-refractivity contribution in [2.24, 2.45) is 0 Å². The van der Waals surface area contributed by atoms with Crippen LogP contribution < -0.4 is 0 Å². The zero-order valence-electron chi connectivity index (χ0n) is 53.5. The molecule has 0 spiro atoms. The topological polar surface area (TPSA) is 78.9 Å². The Balaban J connectivity index is 4.17. The van der Waals surface area contributed by atoms with Crippen LogP contribution in [0, 0.1) is 0 Å². The number of unbranched alkanes of at least 4 members (excludes halogenated alkanes) is 36. The van der Waals surface area contributed by atoms with Crippen molar-refractivity contribution in [1.29, 1.82) is 0 Å². The Labute approximate surface area is 502 Å². The van der Waals surface area contributed by atoms with E-state index >= 15 is 0 Å². The Morgan fingerprint density at radius 3 is 0.790 bits per heavy atom. The summed E-state index contributed by atoms with van der Waals surface area (Å²) in [5.74, 6) is -0.898. The lowest BCUT2D eigenvalue weighted by atomic mass is 10.0. The van der Waals surface area contributed by atoms with Crippen molar-refractivity contribution in [3.8, 4) is 0 Å². The van der Waals surface area contributed by atoms with Gasteiger partial charge in [-0.1, -0.05) is 304 Å². The molecule has 0 N–H and O–H groups in total. The molecule has 0 aliphatic heterocycles. The zero-order chi connectivity index (χ0) is 58.5. The van der Waals surface area contributed by atoms with E-state index in [9.17, 15) is 14.4 Å². The highest BCUT2D eigenvalue weighted by atomic mass is 16.6. The number of carbonyl (C=O) groups is 3. The highest BCUT2D eigenvalue weighted by Crippen LogP contribution is 2.17. The van der Waals surface area contributed by atoms with E-state index in [0.29, 0.717) is 19.3 Å². The maximum Gasteiger partial charge on any atom is 0.306 e. The van der Waals surface area contributed by atoms with E-state index in [1.165, 1.54) is 173 Å². The van der Waals surface area contributed by atoms with Crippen molar-refractivity contribution in [1.82, 2.24) is 0 Å². The van der Waals surface area contributed by atoms with Gasteiger partial charge in [0, 0.05) is 19.3 Å². The third-order valence-corrected chi connectivity index (χ3v) is 15.0. The molecular weight excluding hydrogens is 997 g/mol. The third kappa shape index (κ3) is 67.0. The van der Waals surface area contributed by atoms with Crippen LogP contribution >= 0.6 is 0 Å². The average Bonchev–Trinajstić information content (AvgIpc) is 3.47. The first-order chi connectivity index (χ1) is 40.0. The molecule has 0 aliphatic rings. The Bertz CT molecular complexity index is 1580. The Morgan fingerprint density at radius 2 is 0.494 bits per heavy atom. The Hall–Kier alpha value is -3.67. The summed E-state index contributed by atoms with van der Waals surface area (Å²) in [5, 5.41) is 0. The second-order valence-electron chi connectivity index (χ2n) is 23.1. The van der Waals surface area contributed by atoms with E-state index in [0.717, 1.165) is 128 Å². The first-order valence-corrected chi connectivity index (χ1v) is 34.7. The molecule has 0 heterocycles. The van der Waals surface area contributed by atoms with Crippen LogP contribution in [0.25, 0.3) is 0 Å². The molecular formula is C75H130O6. The lowest BCUT2D eigenvalue weighted by molar-refractivity contribution is -0.167. The van der Waals surface area contributed by atoms with E-state index in [1.807, 2.05) is 0 Å². The number of hydrogen-bond donors (Lipinski definition) is 0. The summed E-state index contributed by atoms with van der Waals surface area (Å²) in [6.45, 7) is 6.48. The van der Waals surface area contributed by atoms with Gasteiger partial charge in [0.2, 0.25) is 0 Å². The minimum absolute atomic E-state index is 0.0843. The SMILES string of the molecule is CC/C=C\C/C=C\C/C=C\C/C=C\CCCCCCCCCCCCCCCCCCCCCCC(=O)OCC(COC(=O)CCCCCCC/C=C\C/C=C\CCCC)OC(=O)CCCCCCC/C=C\C/C=C\CCCCCC. The number of carbonyl (C=O) groups excluding carboxylic acids is 3. The molecule has 0 amide bonds. The largest absolute Gasteiger partial charge is 0.462 e. The van der Waals surface area contributed by atoms with Gasteiger partial charge in [-0.05, 0) is 116 Å². The second-order valence-corrected chi connectivity index (χ2v) is 23.1. The number of allylic oxidation sites excluding steroid dienone is 16. The van der Waals surface area contributed by atoms with E-state index < -0.39 is 6.10 Å². The minimum atomic E-state index is -0.790. The second kappa shape index (κ2) is 68.8. The summed E-state index contributed by atoms with van der Waals surface area (Å²) in [7, 11) is 0. The molecule has 1 atom stereocenters. The summed E-state index contributed by atoms with van der Waals surface area (Å²) in [6, 6.07) is 0. The molecule has 0 aromatic carbocycles. The number of rotatable bonds is 63. The first-order valence-electron chi connectivity index (χ1n) is 34.7. The summed E-state index contributed by atoms with van der Waals surface area (Å²) in [5.41, 5.74) is 0. The van der Waals surface area contributed by atoms with Crippen molar-refractivity contribution < 1.29 is 28.6 Å². The quantitative estimate of drug-likeness (QED) is 0.0261. The fourth-order valence-electron chi connectivity index (χ4n) is 9.84. The molecule has 81 heavy (non-hydrogen) atoms. The summed E-state index contributed by atoms with van der Waals surface area (Å²) < 4.78 is 16.9. The van der Waals surface area contributed by atoms with Gasteiger partial charge in [-0.2, -0.15) is 0 Å². The van der Waals surface area contributed by atoms with Crippen LogP contribution in [0.3, 0.4) is 0 Å².